The minimum atomic E-state index is -0.158. The predicted octanol–water partition coefficient (Wildman–Crippen LogP) is 3.74. The first-order valence-electron chi connectivity index (χ1n) is 6.69. The molecular weight excluding hydrogens is 213 g/mol. The third kappa shape index (κ3) is 4.12. The Morgan fingerprint density at radius 3 is 2.71 bits per heavy atom. The van der Waals surface area contributed by atoms with E-state index >= 15 is 0 Å². The summed E-state index contributed by atoms with van der Waals surface area (Å²) < 4.78 is 12.7. The average molecular weight is 235 g/mol. The molecule has 0 saturated heterocycles. The van der Waals surface area contributed by atoms with Gasteiger partial charge in [-0.3, -0.25) is 0 Å². The second-order valence-corrected chi connectivity index (χ2v) is 5.40. The van der Waals surface area contributed by atoms with Crippen molar-refractivity contribution in [2.24, 2.45) is 11.8 Å². The van der Waals surface area contributed by atoms with Crippen molar-refractivity contribution in [2.45, 2.75) is 39.2 Å². The monoisotopic (exact) mass is 235 g/mol. The first-order valence-corrected chi connectivity index (χ1v) is 6.69. The summed E-state index contributed by atoms with van der Waals surface area (Å²) in [6.45, 7) is 4.30. The average Bonchev–Trinajstić information content (AvgIpc) is 2.32. The van der Waals surface area contributed by atoms with Crippen LogP contribution in [0.15, 0.2) is 24.3 Å². The van der Waals surface area contributed by atoms with E-state index in [0.717, 1.165) is 30.5 Å². The van der Waals surface area contributed by atoms with Crippen LogP contribution in [0.1, 0.15) is 38.2 Å². The van der Waals surface area contributed by atoms with E-state index < -0.39 is 0 Å². The lowest BCUT2D eigenvalue weighted by molar-refractivity contribution is 0.274. The molecule has 94 valence electrons. The molecule has 2 rings (SSSR count). The van der Waals surface area contributed by atoms with Crippen LogP contribution in [0.25, 0.3) is 0 Å². The van der Waals surface area contributed by atoms with Gasteiger partial charge in [0, 0.05) is 6.54 Å². The van der Waals surface area contributed by atoms with Crippen molar-refractivity contribution in [3.63, 3.8) is 0 Å². The molecule has 2 atom stereocenters. The molecule has 1 aliphatic carbocycles. The minimum absolute atomic E-state index is 0.158. The van der Waals surface area contributed by atoms with Crippen molar-refractivity contribution in [3.05, 3.63) is 35.6 Å². The summed E-state index contributed by atoms with van der Waals surface area (Å²) in [5.74, 6) is 1.57. The Hall–Kier alpha value is -0.890. The maximum atomic E-state index is 12.7. The second kappa shape index (κ2) is 6.15. The molecule has 0 spiro atoms. The van der Waals surface area contributed by atoms with E-state index in [1.165, 1.54) is 37.8 Å². The highest BCUT2D eigenvalue weighted by molar-refractivity contribution is 5.15. The van der Waals surface area contributed by atoms with Gasteiger partial charge >= 0.3 is 0 Å². The molecule has 1 nitrogen and oxygen atoms in total. The quantitative estimate of drug-likeness (QED) is 0.838. The van der Waals surface area contributed by atoms with Crippen LogP contribution in [0.3, 0.4) is 0 Å². The van der Waals surface area contributed by atoms with Crippen LogP contribution in [0.5, 0.6) is 0 Å². The van der Waals surface area contributed by atoms with Gasteiger partial charge in [0.25, 0.3) is 0 Å². The third-order valence-corrected chi connectivity index (χ3v) is 3.72. The van der Waals surface area contributed by atoms with Gasteiger partial charge in [0.15, 0.2) is 0 Å². The van der Waals surface area contributed by atoms with Crippen molar-refractivity contribution in [2.75, 3.05) is 6.54 Å². The summed E-state index contributed by atoms with van der Waals surface area (Å²) in [4.78, 5) is 0. The molecule has 2 unspecified atom stereocenters. The van der Waals surface area contributed by atoms with Gasteiger partial charge in [-0.1, -0.05) is 31.9 Å². The van der Waals surface area contributed by atoms with Crippen LogP contribution in [-0.4, -0.2) is 6.54 Å². The third-order valence-electron chi connectivity index (χ3n) is 3.72. The molecule has 1 N–H and O–H groups in total. The Bertz CT molecular complexity index is 333. The van der Waals surface area contributed by atoms with E-state index in [1.54, 1.807) is 0 Å². The molecule has 17 heavy (non-hydrogen) atoms. The predicted molar refractivity (Wildman–Crippen MR) is 69.2 cm³/mol. The molecular formula is C15H22FN. The van der Waals surface area contributed by atoms with Gasteiger partial charge in [0.2, 0.25) is 0 Å². The van der Waals surface area contributed by atoms with E-state index in [9.17, 15) is 4.39 Å². The molecule has 1 fully saturated rings. The van der Waals surface area contributed by atoms with Crippen molar-refractivity contribution in [1.29, 1.82) is 0 Å². The molecule has 0 heterocycles. The van der Waals surface area contributed by atoms with Gasteiger partial charge in [-0.05, 0) is 48.9 Å². The van der Waals surface area contributed by atoms with Gasteiger partial charge in [-0.2, -0.15) is 0 Å². The van der Waals surface area contributed by atoms with Gasteiger partial charge in [0.05, 0.1) is 0 Å². The summed E-state index contributed by atoms with van der Waals surface area (Å²) in [5.41, 5.74) is 1.16. The summed E-state index contributed by atoms with van der Waals surface area (Å²) in [6.07, 6.45) is 5.50. The zero-order chi connectivity index (χ0) is 12.1. The van der Waals surface area contributed by atoms with Crippen LogP contribution in [0, 0.1) is 17.7 Å². The topological polar surface area (TPSA) is 12.0 Å². The van der Waals surface area contributed by atoms with Gasteiger partial charge < -0.3 is 5.32 Å². The lowest BCUT2D eigenvalue weighted by Crippen LogP contribution is -2.26. The molecule has 0 amide bonds. The van der Waals surface area contributed by atoms with Crippen molar-refractivity contribution in [3.8, 4) is 0 Å². The molecule has 1 aromatic carbocycles. The SMILES string of the molecule is CC1CCCC(CNCc2ccc(F)cc2)C1. The van der Waals surface area contributed by atoms with Crippen molar-refractivity contribution < 1.29 is 4.39 Å². The van der Waals surface area contributed by atoms with Crippen molar-refractivity contribution >= 4 is 0 Å². The lowest BCUT2D eigenvalue weighted by Gasteiger charge is -2.26. The number of rotatable bonds is 4. The minimum Gasteiger partial charge on any atom is -0.312 e. The summed E-state index contributed by atoms with van der Waals surface area (Å²) in [6, 6.07) is 6.76. The van der Waals surface area contributed by atoms with Crippen molar-refractivity contribution in [1.82, 2.24) is 5.32 Å². The molecule has 1 aromatic rings. The smallest absolute Gasteiger partial charge is 0.123 e. The van der Waals surface area contributed by atoms with Crippen LogP contribution in [0.4, 0.5) is 4.39 Å². The normalized spacial score (nSPS) is 24.8. The second-order valence-electron chi connectivity index (χ2n) is 5.40. The Morgan fingerprint density at radius 1 is 1.24 bits per heavy atom. The first kappa shape index (κ1) is 12.6. The van der Waals surface area contributed by atoms with Gasteiger partial charge in [0.1, 0.15) is 5.82 Å². The molecule has 1 saturated carbocycles. The van der Waals surface area contributed by atoms with Crippen LogP contribution in [-0.2, 0) is 6.54 Å². The first-order chi connectivity index (χ1) is 8.24. The highest BCUT2D eigenvalue weighted by atomic mass is 19.1. The fourth-order valence-corrected chi connectivity index (χ4v) is 2.77. The van der Waals surface area contributed by atoms with E-state index in [4.69, 9.17) is 0 Å². The zero-order valence-electron chi connectivity index (χ0n) is 10.6. The summed E-state index contributed by atoms with van der Waals surface area (Å²) >= 11 is 0. The maximum Gasteiger partial charge on any atom is 0.123 e. The van der Waals surface area contributed by atoms with E-state index in [0.29, 0.717) is 0 Å². The van der Waals surface area contributed by atoms with Crippen LogP contribution < -0.4 is 5.32 Å². The summed E-state index contributed by atoms with van der Waals surface area (Å²) in [5, 5.41) is 3.49. The van der Waals surface area contributed by atoms with E-state index in [-0.39, 0.29) is 5.82 Å². The number of nitrogens with one attached hydrogen (secondary N) is 1. The number of hydrogen-bond donors (Lipinski definition) is 1. The number of hydrogen-bond acceptors (Lipinski definition) is 1. The standard InChI is InChI=1S/C15H22FN/c1-12-3-2-4-14(9-12)11-17-10-13-5-7-15(16)8-6-13/h5-8,12,14,17H,2-4,9-11H2,1H3. The number of halogens is 1. The van der Waals surface area contributed by atoms with E-state index in [1.807, 2.05) is 12.1 Å². The highest BCUT2D eigenvalue weighted by Gasteiger charge is 2.17. The molecule has 0 aliphatic heterocycles. The molecule has 0 radical (unpaired) electrons. The zero-order valence-corrected chi connectivity index (χ0v) is 10.6. The maximum absolute atomic E-state index is 12.7. The number of benzene rings is 1. The Balaban J connectivity index is 1.70. The van der Waals surface area contributed by atoms with Crippen LogP contribution >= 0.6 is 0 Å². The molecule has 1 aliphatic rings. The Morgan fingerprint density at radius 2 is 2.00 bits per heavy atom. The lowest BCUT2D eigenvalue weighted by atomic mass is 9.82. The fraction of sp³-hybridized carbons (Fsp3) is 0.600. The fourth-order valence-electron chi connectivity index (χ4n) is 2.77. The Kier molecular flexibility index (Phi) is 4.55. The summed E-state index contributed by atoms with van der Waals surface area (Å²) in [7, 11) is 0. The highest BCUT2D eigenvalue weighted by Crippen LogP contribution is 2.27. The van der Waals surface area contributed by atoms with E-state index in [2.05, 4.69) is 12.2 Å². The molecule has 0 bridgehead atoms. The molecule has 0 aromatic heterocycles. The Labute approximate surface area is 103 Å². The molecule has 2 heteroatoms. The largest absolute Gasteiger partial charge is 0.312 e. The van der Waals surface area contributed by atoms with Gasteiger partial charge in [-0.15, -0.1) is 0 Å². The van der Waals surface area contributed by atoms with Crippen LogP contribution in [0.2, 0.25) is 0 Å². The van der Waals surface area contributed by atoms with Gasteiger partial charge in [-0.25, -0.2) is 4.39 Å².